The standard InChI is InChI=1S/C23H21NO5/c1-12-8-18-21(22-20(12)13(2)11-28-22)14(3)17(23(26)29-18)10-19(25)24-15-6-5-7-16(9-15)27-4/h5-9,11H,10H2,1-4H3,(H,24,25). The molecule has 0 aliphatic carbocycles. The van der Waals surface area contributed by atoms with E-state index in [0.29, 0.717) is 33.7 Å². The van der Waals surface area contributed by atoms with E-state index in [1.54, 1.807) is 37.6 Å². The van der Waals surface area contributed by atoms with Gasteiger partial charge < -0.3 is 18.9 Å². The second-order valence-electron chi connectivity index (χ2n) is 7.14. The molecule has 0 bridgehead atoms. The normalized spacial score (nSPS) is 11.2. The number of hydrogen-bond acceptors (Lipinski definition) is 5. The maximum Gasteiger partial charge on any atom is 0.340 e. The van der Waals surface area contributed by atoms with E-state index in [2.05, 4.69) is 5.32 Å². The Morgan fingerprint density at radius 3 is 2.66 bits per heavy atom. The number of anilines is 1. The van der Waals surface area contributed by atoms with Crippen LogP contribution in [0.3, 0.4) is 0 Å². The van der Waals surface area contributed by atoms with Crippen LogP contribution in [0.25, 0.3) is 21.9 Å². The van der Waals surface area contributed by atoms with Crippen LogP contribution in [0, 0.1) is 20.8 Å². The quantitative estimate of drug-likeness (QED) is 0.512. The molecule has 6 heteroatoms. The molecule has 2 heterocycles. The molecule has 0 aliphatic heterocycles. The topological polar surface area (TPSA) is 81.7 Å². The Balaban J connectivity index is 1.75. The number of methoxy groups -OCH3 is 1. The molecule has 2 aromatic carbocycles. The van der Waals surface area contributed by atoms with E-state index in [1.807, 2.05) is 26.8 Å². The Hall–Kier alpha value is -3.54. The molecule has 0 spiro atoms. The van der Waals surface area contributed by atoms with Crippen LogP contribution in [0.15, 0.2) is 50.2 Å². The van der Waals surface area contributed by atoms with Crippen molar-refractivity contribution < 1.29 is 18.4 Å². The van der Waals surface area contributed by atoms with E-state index in [4.69, 9.17) is 13.6 Å². The van der Waals surface area contributed by atoms with Gasteiger partial charge in [0.2, 0.25) is 5.91 Å². The van der Waals surface area contributed by atoms with E-state index in [0.717, 1.165) is 21.9 Å². The van der Waals surface area contributed by atoms with E-state index in [9.17, 15) is 9.59 Å². The van der Waals surface area contributed by atoms with Gasteiger partial charge in [-0.05, 0) is 55.7 Å². The summed E-state index contributed by atoms with van der Waals surface area (Å²) in [5.41, 5.74) is 4.22. The van der Waals surface area contributed by atoms with Crippen molar-refractivity contribution in [3.63, 3.8) is 0 Å². The monoisotopic (exact) mass is 391 g/mol. The van der Waals surface area contributed by atoms with Crippen LogP contribution >= 0.6 is 0 Å². The minimum atomic E-state index is -0.516. The van der Waals surface area contributed by atoms with Crippen LogP contribution in [0.5, 0.6) is 5.75 Å². The molecule has 0 aliphatic rings. The number of fused-ring (bicyclic) bond motifs is 3. The molecule has 0 radical (unpaired) electrons. The summed E-state index contributed by atoms with van der Waals surface area (Å²) >= 11 is 0. The molecule has 1 N–H and O–H groups in total. The Bertz CT molecular complexity index is 1310. The van der Waals surface area contributed by atoms with Crippen molar-refractivity contribution in [1.82, 2.24) is 0 Å². The largest absolute Gasteiger partial charge is 0.497 e. The number of amides is 1. The number of aryl methyl sites for hydroxylation is 3. The minimum absolute atomic E-state index is 0.101. The molecular formula is C23H21NO5. The summed E-state index contributed by atoms with van der Waals surface area (Å²) in [6.45, 7) is 5.75. The van der Waals surface area contributed by atoms with Crippen LogP contribution in [0.2, 0.25) is 0 Å². The highest BCUT2D eigenvalue weighted by Gasteiger charge is 2.20. The third kappa shape index (κ3) is 3.27. The summed E-state index contributed by atoms with van der Waals surface area (Å²) in [6.07, 6.45) is 1.59. The molecule has 0 atom stereocenters. The van der Waals surface area contributed by atoms with Crippen molar-refractivity contribution in [2.24, 2.45) is 0 Å². The fourth-order valence-corrected chi connectivity index (χ4v) is 3.74. The SMILES string of the molecule is COc1cccc(NC(=O)Cc2c(C)c3c(cc(C)c4c(C)coc43)oc2=O)c1. The van der Waals surface area contributed by atoms with Gasteiger partial charge in [0.15, 0.2) is 0 Å². The van der Waals surface area contributed by atoms with E-state index in [-0.39, 0.29) is 12.3 Å². The van der Waals surface area contributed by atoms with Gasteiger partial charge >= 0.3 is 5.63 Å². The average molecular weight is 391 g/mol. The Morgan fingerprint density at radius 1 is 1.10 bits per heavy atom. The van der Waals surface area contributed by atoms with Crippen molar-refractivity contribution in [3.05, 3.63) is 69.3 Å². The number of benzene rings is 2. The fourth-order valence-electron chi connectivity index (χ4n) is 3.74. The second kappa shape index (κ2) is 7.13. The lowest BCUT2D eigenvalue weighted by molar-refractivity contribution is -0.115. The van der Waals surface area contributed by atoms with Crippen LogP contribution in [-0.2, 0) is 11.2 Å². The molecule has 29 heavy (non-hydrogen) atoms. The van der Waals surface area contributed by atoms with Crippen molar-refractivity contribution in [2.45, 2.75) is 27.2 Å². The predicted octanol–water partition coefficient (Wildman–Crippen LogP) is 4.65. The van der Waals surface area contributed by atoms with Crippen LogP contribution in [0.4, 0.5) is 5.69 Å². The highest BCUT2D eigenvalue weighted by Crippen LogP contribution is 2.34. The van der Waals surface area contributed by atoms with Gasteiger partial charge in [-0.1, -0.05) is 6.07 Å². The zero-order valence-electron chi connectivity index (χ0n) is 16.7. The maximum absolute atomic E-state index is 12.6. The summed E-state index contributed by atoms with van der Waals surface area (Å²) in [7, 11) is 1.56. The second-order valence-corrected chi connectivity index (χ2v) is 7.14. The lowest BCUT2D eigenvalue weighted by Gasteiger charge is -2.10. The Kier molecular flexibility index (Phi) is 4.62. The van der Waals surface area contributed by atoms with E-state index < -0.39 is 5.63 Å². The lowest BCUT2D eigenvalue weighted by atomic mass is 9.99. The first-order chi connectivity index (χ1) is 13.9. The minimum Gasteiger partial charge on any atom is -0.497 e. The van der Waals surface area contributed by atoms with Gasteiger partial charge in [-0.3, -0.25) is 4.79 Å². The Morgan fingerprint density at radius 2 is 1.90 bits per heavy atom. The molecule has 1 amide bonds. The van der Waals surface area contributed by atoms with Gasteiger partial charge in [-0.15, -0.1) is 0 Å². The molecule has 0 unspecified atom stereocenters. The van der Waals surface area contributed by atoms with Gasteiger partial charge in [0.25, 0.3) is 0 Å². The maximum atomic E-state index is 12.6. The number of ether oxygens (including phenoxy) is 1. The van der Waals surface area contributed by atoms with Crippen LogP contribution in [0.1, 0.15) is 22.3 Å². The molecule has 2 aromatic heterocycles. The lowest BCUT2D eigenvalue weighted by Crippen LogP contribution is -2.20. The number of furan rings is 1. The predicted molar refractivity (Wildman–Crippen MR) is 112 cm³/mol. The van der Waals surface area contributed by atoms with E-state index in [1.165, 1.54) is 0 Å². The number of nitrogens with one attached hydrogen (secondary N) is 1. The van der Waals surface area contributed by atoms with Gasteiger partial charge in [-0.25, -0.2) is 4.79 Å². The highest BCUT2D eigenvalue weighted by atomic mass is 16.5. The summed E-state index contributed by atoms with van der Waals surface area (Å²) in [5.74, 6) is 0.321. The van der Waals surface area contributed by atoms with Crippen molar-refractivity contribution in [2.75, 3.05) is 12.4 Å². The van der Waals surface area contributed by atoms with Gasteiger partial charge in [0, 0.05) is 17.1 Å². The van der Waals surface area contributed by atoms with Gasteiger partial charge in [0.1, 0.15) is 16.9 Å². The van der Waals surface area contributed by atoms with Crippen molar-refractivity contribution in [3.8, 4) is 5.75 Å². The van der Waals surface area contributed by atoms with Crippen molar-refractivity contribution in [1.29, 1.82) is 0 Å². The fraction of sp³-hybridized carbons (Fsp3) is 0.217. The molecule has 6 nitrogen and oxygen atoms in total. The van der Waals surface area contributed by atoms with Crippen molar-refractivity contribution >= 4 is 33.5 Å². The molecule has 0 saturated carbocycles. The molecule has 4 aromatic rings. The average Bonchev–Trinajstić information content (AvgIpc) is 3.07. The third-order valence-corrected chi connectivity index (χ3v) is 5.16. The summed E-state index contributed by atoms with van der Waals surface area (Å²) < 4.78 is 16.5. The Labute approximate surface area is 167 Å². The summed E-state index contributed by atoms with van der Waals surface area (Å²) in [5, 5.41) is 4.52. The summed E-state index contributed by atoms with van der Waals surface area (Å²) in [6, 6.07) is 8.88. The zero-order chi connectivity index (χ0) is 20.7. The number of hydrogen-bond donors (Lipinski definition) is 1. The third-order valence-electron chi connectivity index (χ3n) is 5.16. The van der Waals surface area contributed by atoms with Crippen LogP contribution < -0.4 is 15.7 Å². The first-order valence-electron chi connectivity index (χ1n) is 9.26. The number of carbonyl (C=O) groups excluding carboxylic acids is 1. The molecule has 0 fully saturated rings. The van der Waals surface area contributed by atoms with Gasteiger partial charge in [0.05, 0.1) is 30.7 Å². The molecular weight excluding hydrogens is 370 g/mol. The molecule has 0 saturated heterocycles. The first kappa shape index (κ1) is 18.8. The molecule has 4 rings (SSSR count). The smallest absolute Gasteiger partial charge is 0.340 e. The van der Waals surface area contributed by atoms with E-state index >= 15 is 0 Å². The highest BCUT2D eigenvalue weighted by molar-refractivity contribution is 6.07. The van der Waals surface area contributed by atoms with Gasteiger partial charge in [-0.2, -0.15) is 0 Å². The number of rotatable bonds is 4. The number of carbonyl (C=O) groups is 1. The zero-order valence-corrected chi connectivity index (χ0v) is 16.7. The summed E-state index contributed by atoms with van der Waals surface area (Å²) in [4.78, 5) is 25.2. The first-order valence-corrected chi connectivity index (χ1v) is 9.26. The molecule has 148 valence electrons. The van der Waals surface area contributed by atoms with Crippen LogP contribution in [-0.4, -0.2) is 13.0 Å².